The number of nitrogens with zero attached hydrogens (tertiary/aromatic N) is 3. The fraction of sp³-hybridized carbons (Fsp3) is 0.471. The largest absolute Gasteiger partial charge is 0.494 e. The van der Waals surface area contributed by atoms with Crippen LogP contribution in [0.5, 0.6) is 5.75 Å². The third kappa shape index (κ3) is 5.85. The van der Waals surface area contributed by atoms with Crippen LogP contribution in [0.3, 0.4) is 0 Å². The summed E-state index contributed by atoms with van der Waals surface area (Å²) >= 11 is 0. The van der Waals surface area contributed by atoms with Crippen molar-refractivity contribution in [2.45, 2.75) is 32.6 Å². The minimum Gasteiger partial charge on any atom is -0.494 e. The molecule has 1 aromatic carbocycles. The summed E-state index contributed by atoms with van der Waals surface area (Å²) in [5, 5.41) is 17.3. The van der Waals surface area contributed by atoms with Crippen molar-refractivity contribution >= 4 is 5.91 Å². The molecule has 0 bridgehead atoms. The van der Waals surface area contributed by atoms with Gasteiger partial charge in [0.15, 0.2) is 0 Å². The quantitative estimate of drug-likeness (QED) is 0.702. The smallest absolute Gasteiger partial charge is 0.222 e. The number of hydrogen-bond donors (Lipinski definition) is 0. The van der Waals surface area contributed by atoms with Gasteiger partial charge < -0.3 is 9.64 Å². The van der Waals surface area contributed by atoms with Gasteiger partial charge in [-0.15, -0.1) is 0 Å². The summed E-state index contributed by atoms with van der Waals surface area (Å²) in [5.74, 6) is 0.773. The lowest BCUT2D eigenvalue weighted by Crippen LogP contribution is -2.32. The van der Waals surface area contributed by atoms with E-state index in [1.165, 1.54) is 0 Å². The number of benzene rings is 1. The third-order valence-electron chi connectivity index (χ3n) is 3.22. The molecule has 0 spiro atoms. The molecule has 5 heteroatoms. The molecule has 0 heterocycles. The molecule has 0 radical (unpaired) electrons. The first-order valence-electron chi connectivity index (χ1n) is 7.45. The van der Waals surface area contributed by atoms with E-state index in [0.29, 0.717) is 32.5 Å². The lowest BCUT2D eigenvalue weighted by molar-refractivity contribution is -0.131. The lowest BCUT2D eigenvalue weighted by atomic mass is 10.1. The van der Waals surface area contributed by atoms with Crippen LogP contribution in [0.15, 0.2) is 24.3 Å². The van der Waals surface area contributed by atoms with Crippen LogP contribution in [-0.4, -0.2) is 30.5 Å². The number of nitriles is 2. The first-order valence-corrected chi connectivity index (χ1v) is 7.45. The average Bonchev–Trinajstić information content (AvgIpc) is 2.54. The van der Waals surface area contributed by atoms with Crippen molar-refractivity contribution in [3.05, 3.63) is 29.8 Å². The molecule has 0 fully saturated rings. The number of amides is 1. The number of carbonyl (C=O) groups is 1. The Kier molecular flexibility index (Phi) is 8.15. The molecule has 0 aromatic heterocycles. The van der Waals surface area contributed by atoms with Crippen LogP contribution in [-0.2, 0) is 11.2 Å². The molecule has 0 aliphatic heterocycles. The van der Waals surface area contributed by atoms with Gasteiger partial charge in [0.1, 0.15) is 5.75 Å². The van der Waals surface area contributed by atoms with Crippen molar-refractivity contribution in [2.24, 2.45) is 0 Å². The Morgan fingerprint density at radius 2 is 1.82 bits per heavy atom. The molecule has 0 aliphatic rings. The first kappa shape index (κ1) is 17.5. The molecule has 0 unspecified atom stereocenters. The second-order valence-electron chi connectivity index (χ2n) is 4.74. The summed E-state index contributed by atoms with van der Waals surface area (Å²) in [7, 11) is 0. The van der Waals surface area contributed by atoms with Gasteiger partial charge in [-0.1, -0.05) is 18.2 Å². The molecular formula is C17H21N3O2. The van der Waals surface area contributed by atoms with E-state index < -0.39 is 0 Å². The van der Waals surface area contributed by atoms with E-state index in [1.807, 2.05) is 43.3 Å². The predicted molar refractivity (Wildman–Crippen MR) is 83.0 cm³/mol. The van der Waals surface area contributed by atoms with Gasteiger partial charge in [-0.05, 0) is 25.0 Å². The average molecular weight is 299 g/mol. The highest BCUT2D eigenvalue weighted by Gasteiger charge is 2.14. The monoisotopic (exact) mass is 299 g/mol. The van der Waals surface area contributed by atoms with Crippen LogP contribution in [0.25, 0.3) is 0 Å². The summed E-state index contributed by atoms with van der Waals surface area (Å²) in [6.07, 6.45) is 1.50. The number of hydrogen-bond acceptors (Lipinski definition) is 4. The van der Waals surface area contributed by atoms with Gasteiger partial charge in [-0.3, -0.25) is 4.79 Å². The van der Waals surface area contributed by atoms with Gasteiger partial charge in [-0.25, -0.2) is 0 Å². The second-order valence-corrected chi connectivity index (χ2v) is 4.74. The number of ether oxygens (including phenoxy) is 1. The third-order valence-corrected chi connectivity index (χ3v) is 3.22. The SMILES string of the molecule is CCOc1ccccc1CCC(=O)N(CCC#N)CCC#N. The molecule has 1 aromatic rings. The minimum atomic E-state index is -0.0307. The summed E-state index contributed by atoms with van der Waals surface area (Å²) in [6, 6.07) is 11.7. The first-order chi connectivity index (χ1) is 10.7. The van der Waals surface area contributed by atoms with Crippen molar-refractivity contribution in [3.8, 4) is 17.9 Å². The van der Waals surface area contributed by atoms with E-state index >= 15 is 0 Å². The molecule has 0 N–H and O–H groups in total. The maximum atomic E-state index is 12.3. The van der Waals surface area contributed by atoms with Crippen LogP contribution >= 0.6 is 0 Å². The van der Waals surface area contributed by atoms with E-state index in [2.05, 4.69) is 0 Å². The molecule has 116 valence electrons. The minimum absolute atomic E-state index is 0.0307. The number of para-hydroxylation sites is 1. The molecule has 22 heavy (non-hydrogen) atoms. The van der Waals surface area contributed by atoms with Gasteiger partial charge in [0.25, 0.3) is 0 Å². The maximum Gasteiger partial charge on any atom is 0.222 e. The molecule has 0 atom stereocenters. The van der Waals surface area contributed by atoms with Gasteiger partial charge in [0, 0.05) is 19.5 Å². The van der Waals surface area contributed by atoms with Crippen molar-refractivity contribution in [1.29, 1.82) is 10.5 Å². The second kappa shape index (κ2) is 10.2. The molecule has 0 aliphatic carbocycles. The fourth-order valence-corrected chi connectivity index (χ4v) is 2.14. The number of rotatable bonds is 9. The Balaban J connectivity index is 2.62. The van der Waals surface area contributed by atoms with Crippen molar-refractivity contribution in [1.82, 2.24) is 4.90 Å². The zero-order chi connectivity index (χ0) is 16.2. The molecular weight excluding hydrogens is 278 g/mol. The zero-order valence-corrected chi connectivity index (χ0v) is 12.9. The number of carbonyl (C=O) groups excluding carboxylic acids is 1. The van der Waals surface area contributed by atoms with E-state index in [-0.39, 0.29) is 18.7 Å². The molecule has 0 saturated heterocycles. The Morgan fingerprint density at radius 1 is 1.18 bits per heavy atom. The molecule has 1 amide bonds. The molecule has 0 saturated carbocycles. The Bertz CT molecular complexity index is 540. The zero-order valence-electron chi connectivity index (χ0n) is 12.9. The van der Waals surface area contributed by atoms with Crippen LogP contribution in [0.4, 0.5) is 0 Å². The Labute approximate surface area is 131 Å². The Morgan fingerprint density at radius 3 is 2.41 bits per heavy atom. The van der Waals surface area contributed by atoms with E-state index in [4.69, 9.17) is 15.3 Å². The topological polar surface area (TPSA) is 77.1 Å². The van der Waals surface area contributed by atoms with Gasteiger partial charge in [0.2, 0.25) is 5.91 Å². The van der Waals surface area contributed by atoms with Crippen molar-refractivity contribution in [3.63, 3.8) is 0 Å². The molecule has 5 nitrogen and oxygen atoms in total. The Hall–Kier alpha value is -2.53. The van der Waals surface area contributed by atoms with E-state index in [0.717, 1.165) is 11.3 Å². The standard InChI is InChI=1S/C17H21N3O2/c1-2-22-16-8-4-3-7-15(16)9-10-17(21)20(13-5-11-18)14-6-12-19/h3-4,7-8H,2,5-6,9-10,13-14H2,1H3. The highest BCUT2D eigenvalue weighted by Crippen LogP contribution is 2.19. The molecule has 1 rings (SSSR count). The predicted octanol–water partition coefficient (Wildman–Crippen LogP) is 2.67. The summed E-state index contributed by atoms with van der Waals surface area (Å²) in [4.78, 5) is 13.9. The lowest BCUT2D eigenvalue weighted by Gasteiger charge is -2.20. The van der Waals surface area contributed by atoms with Crippen molar-refractivity contribution in [2.75, 3.05) is 19.7 Å². The highest BCUT2D eigenvalue weighted by molar-refractivity contribution is 5.76. The summed E-state index contributed by atoms with van der Waals surface area (Å²) in [6.45, 7) is 3.27. The van der Waals surface area contributed by atoms with Crippen LogP contribution in [0.1, 0.15) is 31.7 Å². The van der Waals surface area contributed by atoms with Crippen LogP contribution in [0.2, 0.25) is 0 Å². The van der Waals surface area contributed by atoms with Crippen molar-refractivity contribution < 1.29 is 9.53 Å². The van der Waals surface area contributed by atoms with E-state index in [1.54, 1.807) is 4.90 Å². The van der Waals surface area contributed by atoms with Crippen LogP contribution in [0, 0.1) is 22.7 Å². The van der Waals surface area contributed by atoms with Crippen LogP contribution < -0.4 is 4.74 Å². The highest BCUT2D eigenvalue weighted by atomic mass is 16.5. The fourth-order valence-electron chi connectivity index (χ4n) is 2.14. The summed E-state index contributed by atoms with van der Waals surface area (Å²) in [5.41, 5.74) is 0.998. The maximum absolute atomic E-state index is 12.3. The van der Waals surface area contributed by atoms with Gasteiger partial charge >= 0.3 is 0 Å². The normalized spacial score (nSPS) is 9.59. The summed E-state index contributed by atoms with van der Waals surface area (Å²) < 4.78 is 5.55. The van der Waals surface area contributed by atoms with Gasteiger partial charge in [-0.2, -0.15) is 10.5 Å². The van der Waals surface area contributed by atoms with E-state index in [9.17, 15) is 4.79 Å². The number of aryl methyl sites for hydroxylation is 1. The van der Waals surface area contributed by atoms with Gasteiger partial charge in [0.05, 0.1) is 31.6 Å².